The first-order valence-electron chi connectivity index (χ1n) is 5.08. The lowest BCUT2D eigenvalue weighted by atomic mass is 10.2. The summed E-state index contributed by atoms with van der Waals surface area (Å²) in [7, 11) is 0. The third-order valence-electron chi connectivity index (χ3n) is 2.25. The number of nitrogens with one attached hydrogen (secondary N) is 1. The molecule has 0 aliphatic heterocycles. The van der Waals surface area contributed by atoms with Gasteiger partial charge in [0.2, 0.25) is 0 Å². The molecule has 17 heavy (non-hydrogen) atoms. The van der Waals surface area contributed by atoms with Gasteiger partial charge in [-0.05, 0) is 29.8 Å². The van der Waals surface area contributed by atoms with Crippen LogP contribution in [0, 0.1) is 17.5 Å². The van der Waals surface area contributed by atoms with Gasteiger partial charge in [0.15, 0.2) is 0 Å². The highest BCUT2D eigenvalue weighted by Gasteiger charge is 2.00. The standard InChI is InChI=1S/C13H10F3N/c14-10-3-1-2-9(4-10)8-17-13-6-11(15)5-12(16)7-13/h1-7,17H,8H2. The van der Waals surface area contributed by atoms with Gasteiger partial charge in [0.25, 0.3) is 0 Å². The van der Waals surface area contributed by atoms with Crippen LogP contribution in [0.3, 0.4) is 0 Å². The van der Waals surface area contributed by atoms with Gasteiger partial charge in [0.05, 0.1) is 0 Å². The maximum absolute atomic E-state index is 12.9. The van der Waals surface area contributed by atoms with E-state index in [4.69, 9.17) is 0 Å². The van der Waals surface area contributed by atoms with Crippen molar-refractivity contribution in [3.63, 3.8) is 0 Å². The van der Waals surface area contributed by atoms with E-state index < -0.39 is 11.6 Å². The maximum Gasteiger partial charge on any atom is 0.128 e. The lowest BCUT2D eigenvalue weighted by molar-refractivity contribution is 0.584. The first-order chi connectivity index (χ1) is 8.13. The van der Waals surface area contributed by atoms with Crippen molar-refractivity contribution in [1.29, 1.82) is 0 Å². The zero-order valence-corrected chi connectivity index (χ0v) is 8.88. The predicted molar refractivity (Wildman–Crippen MR) is 60.1 cm³/mol. The molecule has 2 aromatic carbocycles. The van der Waals surface area contributed by atoms with Gasteiger partial charge in [0, 0.05) is 18.3 Å². The molecule has 0 unspecified atom stereocenters. The molecule has 0 saturated carbocycles. The summed E-state index contributed by atoms with van der Waals surface area (Å²) in [4.78, 5) is 0. The second-order valence-electron chi connectivity index (χ2n) is 3.64. The molecule has 2 aromatic rings. The quantitative estimate of drug-likeness (QED) is 0.857. The van der Waals surface area contributed by atoms with E-state index in [0.29, 0.717) is 17.8 Å². The Bertz CT molecular complexity index is 506. The molecule has 1 N–H and O–H groups in total. The van der Waals surface area contributed by atoms with Gasteiger partial charge in [-0.3, -0.25) is 0 Å². The smallest absolute Gasteiger partial charge is 0.128 e. The Balaban J connectivity index is 2.07. The number of anilines is 1. The minimum Gasteiger partial charge on any atom is -0.381 e. The molecule has 88 valence electrons. The summed E-state index contributed by atoms with van der Waals surface area (Å²) in [5, 5.41) is 2.82. The van der Waals surface area contributed by atoms with Crippen molar-refractivity contribution < 1.29 is 13.2 Å². The van der Waals surface area contributed by atoms with E-state index in [9.17, 15) is 13.2 Å². The van der Waals surface area contributed by atoms with Crippen molar-refractivity contribution in [2.75, 3.05) is 5.32 Å². The fourth-order valence-corrected chi connectivity index (χ4v) is 1.51. The average molecular weight is 237 g/mol. The first kappa shape index (κ1) is 11.5. The largest absolute Gasteiger partial charge is 0.381 e. The van der Waals surface area contributed by atoms with E-state index in [1.807, 2.05) is 0 Å². The number of halogens is 3. The zero-order valence-electron chi connectivity index (χ0n) is 8.88. The van der Waals surface area contributed by atoms with Crippen LogP contribution >= 0.6 is 0 Å². The van der Waals surface area contributed by atoms with Gasteiger partial charge in [-0.25, -0.2) is 13.2 Å². The molecule has 0 fully saturated rings. The van der Waals surface area contributed by atoms with Crippen LogP contribution in [-0.2, 0) is 6.54 Å². The Morgan fingerprint density at radius 3 is 2.18 bits per heavy atom. The normalized spacial score (nSPS) is 10.3. The predicted octanol–water partition coefficient (Wildman–Crippen LogP) is 3.72. The monoisotopic (exact) mass is 237 g/mol. The molecule has 0 amide bonds. The van der Waals surface area contributed by atoms with E-state index in [0.717, 1.165) is 6.07 Å². The number of rotatable bonds is 3. The molecule has 0 aliphatic rings. The summed E-state index contributed by atoms with van der Waals surface area (Å²) in [6, 6.07) is 9.18. The maximum atomic E-state index is 12.9. The number of benzene rings is 2. The topological polar surface area (TPSA) is 12.0 Å². The Morgan fingerprint density at radius 2 is 1.53 bits per heavy atom. The number of hydrogen-bond donors (Lipinski definition) is 1. The molecule has 0 bridgehead atoms. The highest BCUT2D eigenvalue weighted by atomic mass is 19.1. The van der Waals surface area contributed by atoms with Crippen LogP contribution in [0.15, 0.2) is 42.5 Å². The van der Waals surface area contributed by atoms with Crippen molar-refractivity contribution in [2.45, 2.75) is 6.54 Å². The zero-order chi connectivity index (χ0) is 12.3. The summed E-state index contributed by atoms with van der Waals surface area (Å²) in [6.07, 6.45) is 0. The second kappa shape index (κ2) is 4.91. The molecule has 4 heteroatoms. The van der Waals surface area contributed by atoms with Crippen molar-refractivity contribution in [3.05, 3.63) is 65.5 Å². The fraction of sp³-hybridized carbons (Fsp3) is 0.0769. The highest BCUT2D eigenvalue weighted by molar-refractivity contribution is 5.44. The third kappa shape index (κ3) is 3.24. The van der Waals surface area contributed by atoms with Gasteiger partial charge in [-0.2, -0.15) is 0 Å². The third-order valence-corrected chi connectivity index (χ3v) is 2.25. The Morgan fingerprint density at radius 1 is 0.824 bits per heavy atom. The van der Waals surface area contributed by atoms with Gasteiger partial charge >= 0.3 is 0 Å². The van der Waals surface area contributed by atoms with Crippen LogP contribution in [-0.4, -0.2) is 0 Å². The second-order valence-corrected chi connectivity index (χ2v) is 3.64. The van der Waals surface area contributed by atoms with E-state index >= 15 is 0 Å². The van der Waals surface area contributed by atoms with Crippen molar-refractivity contribution in [3.8, 4) is 0 Å². The van der Waals surface area contributed by atoms with Gasteiger partial charge in [-0.15, -0.1) is 0 Å². The number of hydrogen-bond acceptors (Lipinski definition) is 1. The molecular formula is C13H10F3N. The Kier molecular flexibility index (Phi) is 3.32. The molecule has 0 saturated heterocycles. The SMILES string of the molecule is Fc1cccc(CNc2cc(F)cc(F)c2)c1. The van der Waals surface area contributed by atoms with E-state index in [2.05, 4.69) is 5.32 Å². The van der Waals surface area contributed by atoms with Crippen LogP contribution in [0.2, 0.25) is 0 Å². The fourth-order valence-electron chi connectivity index (χ4n) is 1.51. The van der Waals surface area contributed by atoms with Crippen molar-refractivity contribution in [1.82, 2.24) is 0 Å². The lowest BCUT2D eigenvalue weighted by Gasteiger charge is -2.07. The minimum absolute atomic E-state index is 0.306. The van der Waals surface area contributed by atoms with E-state index in [1.54, 1.807) is 12.1 Å². The molecule has 2 rings (SSSR count). The van der Waals surface area contributed by atoms with E-state index in [-0.39, 0.29) is 5.82 Å². The van der Waals surface area contributed by atoms with Crippen LogP contribution in [0.4, 0.5) is 18.9 Å². The average Bonchev–Trinajstić information content (AvgIpc) is 2.25. The summed E-state index contributed by atoms with van der Waals surface area (Å²) in [5.74, 6) is -1.63. The van der Waals surface area contributed by atoms with Gasteiger partial charge in [-0.1, -0.05) is 12.1 Å². The molecule has 0 aliphatic carbocycles. The van der Waals surface area contributed by atoms with Gasteiger partial charge < -0.3 is 5.32 Å². The van der Waals surface area contributed by atoms with E-state index in [1.165, 1.54) is 24.3 Å². The molecular weight excluding hydrogens is 227 g/mol. The van der Waals surface area contributed by atoms with Crippen molar-refractivity contribution in [2.24, 2.45) is 0 Å². The van der Waals surface area contributed by atoms with Gasteiger partial charge in [0.1, 0.15) is 17.5 Å². The summed E-state index contributed by atoms with van der Waals surface area (Å²) >= 11 is 0. The van der Waals surface area contributed by atoms with Crippen LogP contribution < -0.4 is 5.32 Å². The molecule has 0 atom stereocenters. The molecule has 1 nitrogen and oxygen atoms in total. The molecule has 0 heterocycles. The first-order valence-corrected chi connectivity index (χ1v) is 5.08. The Hall–Kier alpha value is -1.97. The summed E-state index contributed by atoms with van der Waals surface area (Å²) < 4.78 is 38.6. The van der Waals surface area contributed by atoms with Crippen molar-refractivity contribution >= 4 is 5.69 Å². The molecule has 0 radical (unpaired) electrons. The molecule has 0 spiro atoms. The summed E-state index contributed by atoms with van der Waals surface area (Å²) in [6.45, 7) is 0.306. The Labute approximate surface area is 96.9 Å². The minimum atomic E-state index is -0.647. The summed E-state index contributed by atoms with van der Waals surface area (Å²) in [5.41, 5.74) is 1.03. The van der Waals surface area contributed by atoms with Crippen LogP contribution in [0.5, 0.6) is 0 Å². The van der Waals surface area contributed by atoms with Crippen LogP contribution in [0.1, 0.15) is 5.56 Å². The molecule has 0 aromatic heterocycles. The lowest BCUT2D eigenvalue weighted by Crippen LogP contribution is -2.00. The van der Waals surface area contributed by atoms with Crippen LogP contribution in [0.25, 0.3) is 0 Å². The highest BCUT2D eigenvalue weighted by Crippen LogP contribution is 2.14.